The summed E-state index contributed by atoms with van der Waals surface area (Å²) in [4.78, 5) is 16.8. The van der Waals surface area contributed by atoms with Gasteiger partial charge in [-0.3, -0.25) is 4.79 Å². The number of methoxy groups -OCH3 is 1. The quantitative estimate of drug-likeness (QED) is 0.585. The summed E-state index contributed by atoms with van der Waals surface area (Å²) in [5.74, 6) is 1.88. The van der Waals surface area contributed by atoms with Crippen LogP contribution >= 0.6 is 11.5 Å². The summed E-state index contributed by atoms with van der Waals surface area (Å²) in [6, 6.07) is 13.4. The van der Waals surface area contributed by atoms with Crippen LogP contribution in [-0.2, 0) is 6.42 Å². The van der Waals surface area contributed by atoms with E-state index in [4.69, 9.17) is 9.47 Å². The highest BCUT2D eigenvalue weighted by atomic mass is 32.1. The number of carbonyl (C=O) groups is 1. The van der Waals surface area contributed by atoms with Crippen LogP contribution in [0.1, 0.15) is 41.2 Å². The fourth-order valence-corrected chi connectivity index (χ4v) is 3.19. The molecule has 0 spiro atoms. The molecule has 0 radical (unpaired) electrons. The molecule has 0 aliphatic heterocycles. The first kappa shape index (κ1) is 20.8. The minimum Gasteiger partial charge on any atom is -0.493 e. The summed E-state index contributed by atoms with van der Waals surface area (Å²) in [6.07, 6.45) is 0.634. The molecule has 1 aromatic heterocycles. The Labute approximate surface area is 175 Å². The van der Waals surface area contributed by atoms with E-state index in [2.05, 4.69) is 45.9 Å². The maximum atomic E-state index is 12.4. The minimum atomic E-state index is -0.150. The maximum absolute atomic E-state index is 12.4. The summed E-state index contributed by atoms with van der Waals surface area (Å²) >= 11 is 1.17. The zero-order valence-electron chi connectivity index (χ0n) is 17.1. The summed E-state index contributed by atoms with van der Waals surface area (Å²) in [6.45, 7) is 6.76. The maximum Gasteiger partial charge on any atom is 0.298 e. The molecule has 3 rings (SSSR count). The molecule has 0 unspecified atom stereocenters. The second-order valence-corrected chi connectivity index (χ2v) is 7.92. The Balaban J connectivity index is 1.73. The van der Waals surface area contributed by atoms with Crippen LogP contribution in [0.15, 0.2) is 42.5 Å². The van der Waals surface area contributed by atoms with E-state index in [0.29, 0.717) is 47.0 Å². The molecule has 0 aliphatic carbocycles. The van der Waals surface area contributed by atoms with Crippen LogP contribution in [0.5, 0.6) is 16.7 Å². The highest BCUT2D eigenvalue weighted by molar-refractivity contribution is 7.07. The summed E-state index contributed by atoms with van der Waals surface area (Å²) < 4.78 is 15.6. The second-order valence-electron chi connectivity index (χ2n) is 7.21. The third-order valence-electron chi connectivity index (χ3n) is 4.23. The number of hydrogen-bond donors (Lipinski definition) is 1. The first-order valence-electron chi connectivity index (χ1n) is 9.47. The Morgan fingerprint density at radius 1 is 1.14 bits per heavy atom. The molecule has 0 fully saturated rings. The zero-order chi connectivity index (χ0) is 20.8. The van der Waals surface area contributed by atoms with Crippen molar-refractivity contribution in [1.82, 2.24) is 14.7 Å². The number of benzene rings is 2. The average Bonchev–Trinajstić information content (AvgIpc) is 3.14. The number of aryl methyl sites for hydroxylation is 1. The molecule has 152 valence electrons. The molecule has 0 aliphatic rings. The number of nitrogens with zero attached hydrogens (tertiary/aromatic N) is 2. The van der Waals surface area contributed by atoms with Gasteiger partial charge in [0, 0.05) is 30.1 Å². The molecular formula is C22H25N3O3S. The van der Waals surface area contributed by atoms with E-state index in [-0.39, 0.29) is 5.91 Å². The summed E-state index contributed by atoms with van der Waals surface area (Å²) in [5, 5.41) is 3.31. The highest BCUT2D eigenvalue weighted by Crippen LogP contribution is 2.33. The van der Waals surface area contributed by atoms with Gasteiger partial charge in [0.15, 0.2) is 17.3 Å². The van der Waals surface area contributed by atoms with Crippen LogP contribution in [0.25, 0.3) is 0 Å². The van der Waals surface area contributed by atoms with Gasteiger partial charge in [-0.05, 0) is 36.6 Å². The van der Waals surface area contributed by atoms with Crippen LogP contribution in [0.3, 0.4) is 0 Å². The van der Waals surface area contributed by atoms with Crippen molar-refractivity contribution in [1.29, 1.82) is 0 Å². The summed E-state index contributed by atoms with van der Waals surface area (Å²) in [7, 11) is 1.56. The van der Waals surface area contributed by atoms with Crippen LogP contribution in [0.4, 0.5) is 0 Å². The molecule has 1 N–H and O–H groups in total. The number of nitrogens with one attached hydrogen (secondary N) is 1. The van der Waals surface area contributed by atoms with E-state index in [0.717, 1.165) is 5.56 Å². The third-order valence-corrected chi connectivity index (χ3v) is 4.86. The van der Waals surface area contributed by atoms with Crippen molar-refractivity contribution in [3.63, 3.8) is 0 Å². The van der Waals surface area contributed by atoms with Gasteiger partial charge in [0.05, 0.1) is 7.11 Å². The Bertz CT molecular complexity index is 968. The van der Waals surface area contributed by atoms with Gasteiger partial charge in [-0.1, -0.05) is 43.7 Å². The normalized spacial score (nSPS) is 10.8. The SMILES string of the molecule is COc1ccc(C(=O)NCC(C)C)cc1Oc1nc(Cc2ccc(C)cc2)ns1. The lowest BCUT2D eigenvalue weighted by Gasteiger charge is -2.11. The Kier molecular flexibility index (Phi) is 6.82. The van der Waals surface area contributed by atoms with Crippen molar-refractivity contribution in [3.8, 4) is 16.7 Å². The van der Waals surface area contributed by atoms with Crippen LogP contribution in [0, 0.1) is 12.8 Å². The van der Waals surface area contributed by atoms with E-state index < -0.39 is 0 Å². The third kappa shape index (κ3) is 5.77. The van der Waals surface area contributed by atoms with Crippen molar-refractivity contribution in [3.05, 3.63) is 65.0 Å². The number of hydrogen-bond acceptors (Lipinski definition) is 6. The van der Waals surface area contributed by atoms with Crippen molar-refractivity contribution >= 4 is 17.4 Å². The van der Waals surface area contributed by atoms with Gasteiger partial charge in [0.25, 0.3) is 11.1 Å². The topological polar surface area (TPSA) is 73.3 Å². The van der Waals surface area contributed by atoms with E-state index in [1.807, 2.05) is 13.8 Å². The van der Waals surface area contributed by atoms with E-state index >= 15 is 0 Å². The lowest BCUT2D eigenvalue weighted by atomic mass is 10.1. The first-order chi connectivity index (χ1) is 13.9. The molecule has 0 bridgehead atoms. The van der Waals surface area contributed by atoms with Gasteiger partial charge in [0.2, 0.25) is 0 Å². The molecule has 1 heterocycles. The van der Waals surface area contributed by atoms with Gasteiger partial charge in [-0.2, -0.15) is 9.36 Å². The van der Waals surface area contributed by atoms with E-state index in [1.165, 1.54) is 17.1 Å². The molecule has 29 heavy (non-hydrogen) atoms. The molecule has 0 atom stereocenters. The van der Waals surface area contributed by atoms with Gasteiger partial charge in [-0.15, -0.1) is 0 Å². The van der Waals surface area contributed by atoms with E-state index in [1.54, 1.807) is 25.3 Å². The smallest absolute Gasteiger partial charge is 0.298 e. The first-order valence-corrected chi connectivity index (χ1v) is 10.2. The predicted octanol–water partition coefficient (Wildman–Crippen LogP) is 4.62. The van der Waals surface area contributed by atoms with Crippen LogP contribution in [-0.4, -0.2) is 28.9 Å². The van der Waals surface area contributed by atoms with E-state index in [9.17, 15) is 4.79 Å². The Morgan fingerprint density at radius 3 is 2.59 bits per heavy atom. The number of amides is 1. The number of rotatable bonds is 8. The molecule has 0 saturated heterocycles. The van der Waals surface area contributed by atoms with Crippen LogP contribution < -0.4 is 14.8 Å². The fraction of sp³-hybridized carbons (Fsp3) is 0.318. The molecule has 7 heteroatoms. The molecule has 1 amide bonds. The predicted molar refractivity (Wildman–Crippen MR) is 114 cm³/mol. The second kappa shape index (κ2) is 9.52. The minimum absolute atomic E-state index is 0.150. The molecule has 2 aromatic carbocycles. The molecular weight excluding hydrogens is 386 g/mol. The van der Waals surface area contributed by atoms with Crippen molar-refractivity contribution in [2.75, 3.05) is 13.7 Å². The largest absolute Gasteiger partial charge is 0.493 e. The molecule has 6 nitrogen and oxygen atoms in total. The lowest BCUT2D eigenvalue weighted by Crippen LogP contribution is -2.27. The van der Waals surface area contributed by atoms with Crippen molar-refractivity contribution < 1.29 is 14.3 Å². The van der Waals surface area contributed by atoms with Gasteiger partial charge in [-0.25, -0.2) is 0 Å². The number of aromatic nitrogens is 2. The zero-order valence-corrected chi connectivity index (χ0v) is 17.9. The monoisotopic (exact) mass is 411 g/mol. The standard InChI is InChI=1S/C22H25N3O3S/c1-14(2)13-23-21(26)17-9-10-18(27-4)19(12-17)28-22-24-20(25-29-22)11-16-7-5-15(3)6-8-16/h5-10,12,14H,11,13H2,1-4H3,(H,23,26). The fourth-order valence-electron chi connectivity index (χ4n) is 2.63. The van der Waals surface area contributed by atoms with Gasteiger partial charge < -0.3 is 14.8 Å². The summed E-state index contributed by atoms with van der Waals surface area (Å²) in [5.41, 5.74) is 2.86. The van der Waals surface area contributed by atoms with Crippen LogP contribution in [0.2, 0.25) is 0 Å². The number of ether oxygens (including phenoxy) is 2. The highest BCUT2D eigenvalue weighted by Gasteiger charge is 2.14. The Hall–Kier alpha value is -2.93. The lowest BCUT2D eigenvalue weighted by molar-refractivity contribution is 0.0948. The van der Waals surface area contributed by atoms with Crippen molar-refractivity contribution in [2.24, 2.45) is 5.92 Å². The Morgan fingerprint density at radius 2 is 1.90 bits per heavy atom. The van der Waals surface area contributed by atoms with Gasteiger partial charge in [0.1, 0.15) is 0 Å². The molecule has 0 saturated carbocycles. The molecule has 3 aromatic rings. The van der Waals surface area contributed by atoms with Gasteiger partial charge >= 0.3 is 0 Å². The number of carbonyl (C=O) groups excluding carboxylic acids is 1. The average molecular weight is 412 g/mol. The van der Waals surface area contributed by atoms with Crippen molar-refractivity contribution in [2.45, 2.75) is 27.2 Å².